The Balaban J connectivity index is 2.75. The van der Waals surface area contributed by atoms with E-state index in [0.29, 0.717) is 6.04 Å². The van der Waals surface area contributed by atoms with Gasteiger partial charge < -0.3 is 10.1 Å². The van der Waals surface area contributed by atoms with Crippen LogP contribution in [0.5, 0.6) is 0 Å². The Morgan fingerprint density at radius 1 is 1.29 bits per heavy atom. The highest BCUT2D eigenvalue weighted by Gasteiger charge is 2.17. The maximum Gasteiger partial charge on any atom is 0.0589 e. The van der Waals surface area contributed by atoms with Gasteiger partial charge in [0.25, 0.3) is 0 Å². The quantitative estimate of drug-likeness (QED) is 0.746. The number of rotatable bonds is 8. The van der Waals surface area contributed by atoms with E-state index in [-0.39, 0.29) is 0 Å². The van der Waals surface area contributed by atoms with Crippen molar-refractivity contribution in [3.8, 4) is 0 Å². The molecule has 0 saturated carbocycles. The van der Waals surface area contributed by atoms with Crippen LogP contribution in [0.1, 0.15) is 18.5 Å². The monoisotopic (exact) mass is 236 g/mol. The summed E-state index contributed by atoms with van der Waals surface area (Å²) >= 11 is 0. The van der Waals surface area contributed by atoms with Crippen molar-refractivity contribution in [2.24, 2.45) is 0 Å². The maximum absolute atomic E-state index is 5.18. The summed E-state index contributed by atoms with van der Waals surface area (Å²) in [7, 11) is 3.75. The summed E-state index contributed by atoms with van der Waals surface area (Å²) in [6, 6.07) is 11.1. The highest BCUT2D eigenvalue weighted by atomic mass is 16.5. The van der Waals surface area contributed by atoms with Gasteiger partial charge in [0, 0.05) is 26.2 Å². The molecule has 0 spiro atoms. The summed E-state index contributed by atoms with van der Waals surface area (Å²) in [4.78, 5) is 2.44. The molecule has 1 unspecified atom stereocenters. The zero-order chi connectivity index (χ0) is 12.5. The molecule has 1 aromatic carbocycles. The highest BCUT2D eigenvalue weighted by molar-refractivity contribution is 5.19. The zero-order valence-corrected chi connectivity index (χ0v) is 11.1. The second-order valence-electron chi connectivity index (χ2n) is 4.11. The van der Waals surface area contributed by atoms with E-state index >= 15 is 0 Å². The molecule has 0 amide bonds. The van der Waals surface area contributed by atoms with E-state index in [9.17, 15) is 0 Å². The van der Waals surface area contributed by atoms with Crippen molar-refractivity contribution in [2.45, 2.75) is 13.0 Å². The summed E-state index contributed by atoms with van der Waals surface area (Å²) < 4.78 is 5.18. The molecule has 0 saturated heterocycles. The number of nitrogens with zero attached hydrogens (tertiary/aromatic N) is 1. The van der Waals surface area contributed by atoms with Crippen LogP contribution in [0.4, 0.5) is 0 Å². The lowest BCUT2D eigenvalue weighted by Gasteiger charge is -2.30. The first-order valence-corrected chi connectivity index (χ1v) is 6.26. The minimum absolute atomic E-state index is 0.418. The van der Waals surface area contributed by atoms with Gasteiger partial charge in [-0.2, -0.15) is 0 Å². The van der Waals surface area contributed by atoms with Crippen molar-refractivity contribution in [1.29, 1.82) is 0 Å². The molecule has 0 fully saturated rings. The molecule has 1 N–H and O–H groups in total. The number of hydrogen-bond acceptors (Lipinski definition) is 3. The molecule has 1 aromatic rings. The predicted octanol–water partition coefficient (Wildman–Crippen LogP) is 1.92. The first-order chi connectivity index (χ1) is 8.33. The summed E-state index contributed by atoms with van der Waals surface area (Å²) in [6.45, 7) is 5.93. The third-order valence-corrected chi connectivity index (χ3v) is 3.01. The van der Waals surface area contributed by atoms with Crippen molar-refractivity contribution >= 4 is 0 Å². The smallest absolute Gasteiger partial charge is 0.0589 e. The summed E-state index contributed by atoms with van der Waals surface area (Å²) in [5, 5.41) is 3.28. The fourth-order valence-electron chi connectivity index (χ4n) is 2.07. The zero-order valence-electron chi connectivity index (χ0n) is 11.1. The van der Waals surface area contributed by atoms with Crippen molar-refractivity contribution in [3.63, 3.8) is 0 Å². The number of nitrogens with one attached hydrogen (secondary N) is 1. The number of hydrogen-bond donors (Lipinski definition) is 1. The van der Waals surface area contributed by atoms with Crippen LogP contribution in [0.2, 0.25) is 0 Å². The molecule has 1 atom stereocenters. The molecule has 0 aliphatic rings. The lowest BCUT2D eigenvalue weighted by atomic mass is 10.1. The van der Waals surface area contributed by atoms with Crippen molar-refractivity contribution in [3.05, 3.63) is 35.9 Å². The van der Waals surface area contributed by atoms with Gasteiger partial charge in [0.1, 0.15) is 0 Å². The Labute approximate surface area is 105 Å². The average molecular weight is 236 g/mol. The molecule has 0 bridgehead atoms. The van der Waals surface area contributed by atoms with Gasteiger partial charge in [0.05, 0.1) is 6.61 Å². The van der Waals surface area contributed by atoms with Crippen molar-refractivity contribution in [2.75, 3.05) is 40.4 Å². The summed E-state index contributed by atoms with van der Waals surface area (Å²) in [5.74, 6) is 0. The topological polar surface area (TPSA) is 24.5 Å². The molecule has 1 rings (SSSR count). The van der Waals surface area contributed by atoms with Gasteiger partial charge >= 0.3 is 0 Å². The van der Waals surface area contributed by atoms with Gasteiger partial charge in [0.2, 0.25) is 0 Å². The van der Waals surface area contributed by atoms with E-state index in [2.05, 4.69) is 47.5 Å². The van der Waals surface area contributed by atoms with E-state index in [1.54, 1.807) is 7.11 Å². The van der Waals surface area contributed by atoms with Gasteiger partial charge in [-0.15, -0.1) is 0 Å². The predicted molar refractivity (Wildman–Crippen MR) is 72.2 cm³/mol. The molecular formula is C14H24N2O. The van der Waals surface area contributed by atoms with Gasteiger partial charge in [-0.3, -0.25) is 4.90 Å². The standard InChI is InChI=1S/C14H24N2O/c1-4-16(10-11-17-3)14(12-15-2)13-8-6-5-7-9-13/h5-9,14-15H,4,10-12H2,1-3H3. The van der Waals surface area contributed by atoms with E-state index in [4.69, 9.17) is 4.74 Å². The van der Waals surface area contributed by atoms with Gasteiger partial charge in [-0.05, 0) is 19.2 Å². The van der Waals surface area contributed by atoms with Gasteiger partial charge in [-0.25, -0.2) is 0 Å². The average Bonchev–Trinajstić information content (AvgIpc) is 2.39. The minimum atomic E-state index is 0.418. The number of likely N-dealkylation sites (N-methyl/N-ethyl adjacent to an activating group) is 2. The number of benzene rings is 1. The van der Waals surface area contributed by atoms with Crippen LogP contribution < -0.4 is 5.32 Å². The van der Waals surface area contributed by atoms with Crippen LogP contribution in [-0.4, -0.2) is 45.3 Å². The molecule has 0 radical (unpaired) electrons. The first kappa shape index (κ1) is 14.2. The lowest BCUT2D eigenvalue weighted by Crippen LogP contribution is -2.36. The number of ether oxygens (including phenoxy) is 1. The molecular weight excluding hydrogens is 212 g/mol. The molecule has 3 nitrogen and oxygen atoms in total. The van der Waals surface area contributed by atoms with Crippen molar-refractivity contribution in [1.82, 2.24) is 10.2 Å². The Hall–Kier alpha value is -0.900. The van der Waals surface area contributed by atoms with Crippen molar-refractivity contribution < 1.29 is 4.74 Å². The van der Waals surface area contributed by atoms with Gasteiger partial charge in [0.15, 0.2) is 0 Å². The molecule has 17 heavy (non-hydrogen) atoms. The minimum Gasteiger partial charge on any atom is -0.383 e. The first-order valence-electron chi connectivity index (χ1n) is 6.26. The SMILES string of the molecule is CCN(CCOC)C(CNC)c1ccccc1. The Kier molecular flexibility index (Phi) is 6.86. The molecule has 0 aliphatic carbocycles. The third kappa shape index (κ3) is 4.46. The largest absolute Gasteiger partial charge is 0.383 e. The second-order valence-corrected chi connectivity index (χ2v) is 4.11. The second kappa shape index (κ2) is 8.23. The molecule has 0 aliphatic heterocycles. The Morgan fingerprint density at radius 2 is 2.00 bits per heavy atom. The van der Waals surface area contributed by atoms with Crippen LogP contribution in [0.15, 0.2) is 30.3 Å². The van der Waals surface area contributed by atoms with E-state index < -0.39 is 0 Å². The van der Waals surface area contributed by atoms with Crippen LogP contribution in [0.3, 0.4) is 0 Å². The van der Waals surface area contributed by atoms with Gasteiger partial charge in [-0.1, -0.05) is 37.3 Å². The summed E-state index contributed by atoms with van der Waals surface area (Å²) in [5.41, 5.74) is 1.36. The van der Waals surface area contributed by atoms with Crippen LogP contribution in [-0.2, 0) is 4.74 Å². The van der Waals surface area contributed by atoms with E-state index in [1.165, 1.54) is 5.56 Å². The van der Waals surface area contributed by atoms with Crippen LogP contribution >= 0.6 is 0 Å². The maximum atomic E-state index is 5.18. The third-order valence-electron chi connectivity index (χ3n) is 3.01. The fraction of sp³-hybridized carbons (Fsp3) is 0.571. The molecule has 0 aromatic heterocycles. The molecule has 3 heteroatoms. The normalized spacial score (nSPS) is 12.9. The van der Waals surface area contributed by atoms with E-state index in [1.807, 2.05) is 7.05 Å². The Morgan fingerprint density at radius 3 is 2.53 bits per heavy atom. The molecule has 96 valence electrons. The van der Waals surface area contributed by atoms with Crippen LogP contribution in [0, 0.1) is 0 Å². The highest BCUT2D eigenvalue weighted by Crippen LogP contribution is 2.19. The Bertz CT molecular complexity index is 290. The lowest BCUT2D eigenvalue weighted by molar-refractivity contribution is 0.123. The van der Waals surface area contributed by atoms with Crippen LogP contribution in [0.25, 0.3) is 0 Å². The fourth-order valence-corrected chi connectivity index (χ4v) is 2.07. The molecule has 0 heterocycles. The summed E-state index contributed by atoms with van der Waals surface area (Å²) in [6.07, 6.45) is 0. The number of methoxy groups -OCH3 is 1. The van der Waals surface area contributed by atoms with E-state index in [0.717, 1.165) is 26.2 Å².